The van der Waals surface area contributed by atoms with Gasteiger partial charge in [0.1, 0.15) is 4.47 Å². The number of hydrogen-bond acceptors (Lipinski definition) is 4. The molecule has 0 unspecified atom stereocenters. The molecule has 2 aromatic heterocycles. The Balaban J connectivity index is 1.98. The summed E-state index contributed by atoms with van der Waals surface area (Å²) in [4.78, 5) is 15.5. The van der Waals surface area contributed by atoms with Crippen molar-refractivity contribution in [2.75, 3.05) is 4.90 Å². The van der Waals surface area contributed by atoms with E-state index in [1.165, 1.54) is 0 Å². The molecule has 0 bridgehead atoms. The number of carbonyl (C=O) groups excluding carboxylic acids is 1. The van der Waals surface area contributed by atoms with Crippen molar-refractivity contribution in [3.8, 4) is 0 Å². The van der Waals surface area contributed by atoms with Crippen LogP contribution in [0.3, 0.4) is 0 Å². The van der Waals surface area contributed by atoms with Gasteiger partial charge < -0.3 is 4.52 Å². The summed E-state index contributed by atoms with van der Waals surface area (Å²) < 4.78 is 6.04. The SMILES string of the molecule is Cc1noc(N(Cc2cccs2)C(=O)c2ccc(Cl)cc2)c1Br. The van der Waals surface area contributed by atoms with Gasteiger partial charge in [0.25, 0.3) is 5.91 Å². The normalized spacial score (nSPS) is 10.7. The van der Waals surface area contributed by atoms with E-state index in [0.29, 0.717) is 33.2 Å². The van der Waals surface area contributed by atoms with Crippen molar-refractivity contribution in [1.82, 2.24) is 5.16 Å². The molecule has 2 heterocycles. The van der Waals surface area contributed by atoms with Crippen molar-refractivity contribution in [3.63, 3.8) is 0 Å². The zero-order chi connectivity index (χ0) is 16.4. The van der Waals surface area contributed by atoms with Crippen LogP contribution in [0.2, 0.25) is 5.02 Å². The maximum absolute atomic E-state index is 12.9. The summed E-state index contributed by atoms with van der Waals surface area (Å²) >= 11 is 10.9. The van der Waals surface area contributed by atoms with E-state index in [1.807, 2.05) is 24.4 Å². The van der Waals surface area contributed by atoms with E-state index >= 15 is 0 Å². The second-order valence-electron chi connectivity index (χ2n) is 4.86. The first kappa shape index (κ1) is 16.2. The monoisotopic (exact) mass is 410 g/mol. The molecule has 0 radical (unpaired) electrons. The molecule has 7 heteroatoms. The van der Waals surface area contributed by atoms with Crippen molar-refractivity contribution in [3.05, 3.63) is 67.4 Å². The smallest absolute Gasteiger partial charge is 0.261 e. The van der Waals surface area contributed by atoms with Crippen molar-refractivity contribution >= 4 is 50.7 Å². The van der Waals surface area contributed by atoms with Crippen LogP contribution in [-0.2, 0) is 6.54 Å². The van der Waals surface area contributed by atoms with Crippen LogP contribution in [-0.4, -0.2) is 11.1 Å². The average molecular weight is 412 g/mol. The average Bonchev–Trinajstić information content (AvgIpc) is 3.17. The van der Waals surface area contributed by atoms with Crippen LogP contribution in [0, 0.1) is 6.92 Å². The fourth-order valence-corrected chi connectivity index (χ4v) is 3.23. The van der Waals surface area contributed by atoms with Crippen LogP contribution in [0.15, 0.2) is 50.8 Å². The summed E-state index contributed by atoms with van der Waals surface area (Å²) in [5.74, 6) is 0.225. The minimum absolute atomic E-state index is 0.174. The molecule has 1 amide bonds. The van der Waals surface area contributed by atoms with Gasteiger partial charge in [-0.2, -0.15) is 0 Å². The van der Waals surface area contributed by atoms with Crippen molar-refractivity contribution in [2.45, 2.75) is 13.5 Å². The van der Waals surface area contributed by atoms with Crippen LogP contribution < -0.4 is 4.90 Å². The Labute approximate surface area is 150 Å². The standard InChI is InChI=1S/C16H12BrClN2O2S/c1-10-14(17)16(22-19-10)20(9-13-3-2-8-23-13)15(21)11-4-6-12(18)7-5-11/h2-8H,9H2,1H3. The summed E-state index contributed by atoms with van der Waals surface area (Å²) in [5, 5.41) is 6.48. The van der Waals surface area contributed by atoms with Gasteiger partial charge in [0.05, 0.1) is 12.2 Å². The first-order valence-electron chi connectivity index (χ1n) is 6.78. The molecule has 0 saturated heterocycles. The molecule has 0 fully saturated rings. The number of aromatic nitrogens is 1. The van der Waals surface area contributed by atoms with Crippen LogP contribution in [0.1, 0.15) is 20.9 Å². The van der Waals surface area contributed by atoms with Gasteiger partial charge in [-0.3, -0.25) is 9.69 Å². The third-order valence-corrected chi connectivity index (χ3v) is 5.28. The molecule has 0 aliphatic rings. The predicted octanol–water partition coefficient (Wildman–Crippen LogP) is 5.31. The molecule has 3 aromatic rings. The third kappa shape index (κ3) is 3.49. The lowest BCUT2D eigenvalue weighted by Crippen LogP contribution is -2.30. The Morgan fingerprint density at radius 3 is 2.65 bits per heavy atom. The summed E-state index contributed by atoms with van der Waals surface area (Å²) in [5.41, 5.74) is 1.23. The van der Waals surface area contributed by atoms with E-state index in [4.69, 9.17) is 16.1 Å². The zero-order valence-corrected chi connectivity index (χ0v) is 15.3. The Bertz CT molecular complexity index is 815. The lowest BCUT2D eigenvalue weighted by molar-refractivity contribution is 0.0979. The zero-order valence-electron chi connectivity index (χ0n) is 12.1. The molecular weight excluding hydrogens is 400 g/mol. The second kappa shape index (κ2) is 6.86. The van der Waals surface area contributed by atoms with Gasteiger partial charge >= 0.3 is 0 Å². The van der Waals surface area contributed by atoms with E-state index in [-0.39, 0.29) is 5.91 Å². The number of thiophene rings is 1. The van der Waals surface area contributed by atoms with Crippen molar-refractivity contribution in [1.29, 1.82) is 0 Å². The van der Waals surface area contributed by atoms with E-state index in [1.54, 1.807) is 40.5 Å². The summed E-state index contributed by atoms with van der Waals surface area (Å²) in [6.45, 7) is 2.22. The number of halogens is 2. The van der Waals surface area contributed by atoms with Crippen LogP contribution in [0.4, 0.5) is 5.88 Å². The molecule has 3 rings (SSSR count). The van der Waals surface area contributed by atoms with E-state index in [2.05, 4.69) is 21.1 Å². The third-order valence-electron chi connectivity index (χ3n) is 3.25. The lowest BCUT2D eigenvalue weighted by Gasteiger charge is -2.19. The highest BCUT2D eigenvalue weighted by Gasteiger charge is 2.25. The number of anilines is 1. The molecule has 0 aliphatic heterocycles. The highest BCUT2D eigenvalue weighted by Crippen LogP contribution is 2.32. The number of nitrogens with zero attached hydrogens (tertiary/aromatic N) is 2. The van der Waals surface area contributed by atoms with E-state index in [9.17, 15) is 4.79 Å². The lowest BCUT2D eigenvalue weighted by atomic mass is 10.2. The first-order valence-corrected chi connectivity index (χ1v) is 8.83. The highest BCUT2D eigenvalue weighted by atomic mass is 79.9. The Kier molecular flexibility index (Phi) is 4.84. The molecule has 4 nitrogen and oxygen atoms in total. The fourth-order valence-electron chi connectivity index (χ4n) is 2.06. The number of hydrogen-bond donors (Lipinski definition) is 0. The van der Waals surface area contributed by atoms with Gasteiger partial charge in [-0.1, -0.05) is 22.8 Å². The fraction of sp³-hybridized carbons (Fsp3) is 0.125. The number of aryl methyl sites for hydroxylation is 1. The Morgan fingerprint density at radius 1 is 1.35 bits per heavy atom. The maximum Gasteiger partial charge on any atom is 0.261 e. The number of benzene rings is 1. The maximum atomic E-state index is 12.9. The van der Waals surface area contributed by atoms with Crippen LogP contribution >= 0.6 is 38.9 Å². The minimum atomic E-state index is -0.174. The van der Waals surface area contributed by atoms with Gasteiger partial charge in [0.15, 0.2) is 0 Å². The highest BCUT2D eigenvalue weighted by molar-refractivity contribution is 9.10. The molecule has 118 valence electrons. The van der Waals surface area contributed by atoms with Crippen LogP contribution in [0.5, 0.6) is 0 Å². The van der Waals surface area contributed by atoms with Gasteiger partial charge in [-0.15, -0.1) is 11.3 Å². The van der Waals surface area contributed by atoms with E-state index < -0.39 is 0 Å². The molecule has 0 aliphatic carbocycles. The van der Waals surface area contributed by atoms with Gasteiger partial charge in [-0.25, -0.2) is 0 Å². The minimum Gasteiger partial charge on any atom is -0.337 e. The van der Waals surface area contributed by atoms with E-state index in [0.717, 1.165) is 4.88 Å². The van der Waals surface area contributed by atoms with Gasteiger partial charge in [0.2, 0.25) is 5.88 Å². The van der Waals surface area contributed by atoms with Gasteiger partial charge in [-0.05, 0) is 58.6 Å². The summed E-state index contributed by atoms with van der Waals surface area (Å²) in [6.07, 6.45) is 0. The van der Waals surface area contributed by atoms with Crippen molar-refractivity contribution < 1.29 is 9.32 Å². The largest absolute Gasteiger partial charge is 0.337 e. The molecule has 1 aromatic carbocycles. The predicted molar refractivity (Wildman–Crippen MR) is 95.2 cm³/mol. The second-order valence-corrected chi connectivity index (χ2v) is 7.13. The summed E-state index contributed by atoms with van der Waals surface area (Å²) in [6, 6.07) is 10.7. The Morgan fingerprint density at radius 2 is 2.09 bits per heavy atom. The molecule has 0 spiro atoms. The molecular formula is C16H12BrClN2O2S. The van der Waals surface area contributed by atoms with Gasteiger partial charge in [0, 0.05) is 15.5 Å². The number of rotatable bonds is 4. The number of carbonyl (C=O) groups is 1. The number of amides is 1. The summed E-state index contributed by atoms with van der Waals surface area (Å²) in [7, 11) is 0. The molecule has 0 N–H and O–H groups in total. The Hall–Kier alpha value is -1.63. The molecule has 0 atom stereocenters. The van der Waals surface area contributed by atoms with Crippen LogP contribution in [0.25, 0.3) is 0 Å². The topological polar surface area (TPSA) is 46.3 Å². The van der Waals surface area contributed by atoms with Crippen molar-refractivity contribution in [2.24, 2.45) is 0 Å². The quantitative estimate of drug-likeness (QED) is 0.584. The molecule has 23 heavy (non-hydrogen) atoms. The first-order chi connectivity index (χ1) is 11.1. The molecule has 0 saturated carbocycles.